The van der Waals surface area contributed by atoms with E-state index in [0.29, 0.717) is 13.2 Å². The van der Waals surface area contributed by atoms with Crippen LogP contribution in [0.15, 0.2) is 24.3 Å². The van der Waals surface area contributed by atoms with Crippen LogP contribution in [0.4, 0.5) is 4.39 Å². The average Bonchev–Trinajstić information content (AvgIpc) is 2.45. The third-order valence-electron chi connectivity index (χ3n) is 4.88. The molecule has 0 amide bonds. The Balaban J connectivity index is 2.28. The first-order valence-electron chi connectivity index (χ1n) is 7.63. The Labute approximate surface area is 127 Å². The molecular formula is C17H27FN2O. The van der Waals surface area contributed by atoms with Crippen molar-refractivity contribution in [3.63, 3.8) is 0 Å². The van der Waals surface area contributed by atoms with E-state index >= 15 is 0 Å². The lowest BCUT2D eigenvalue weighted by Crippen LogP contribution is -2.59. The first-order valence-corrected chi connectivity index (χ1v) is 7.63. The van der Waals surface area contributed by atoms with Crippen LogP contribution >= 0.6 is 0 Å². The molecule has 118 valence electrons. The summed E-state index contributed by atoms with van der Waals surface area (Å²) in [6, 6.07) is 6.95. The zero-order valence-electron chi connectivity index (χ0n) is 13.5. The fraction of sp³-hybridized carbons (Fsp3) is 0.647. The molecule has 1 aliphatic heterocycles. The Morgan fingerprint density at radius 2 is 2.05 bits per heavy atom. The van der Waals surface area contributed by atoms with E-state index in [1.807, 2.05) is 26.1 Å². The molecule has 0 aliphatic carbocycles. The van der Waals surface area contributed by atoms with Crippen molar-refractivity contribution in [2.75, 3.05) is 20.2 Å². The number of hydrogen-bond acceptors (Lipinski definition) is 3. The molecule has 1 heterocycles. The van der Waals surface area contributed by atoms with Crippen LogP contribution in [0.25, 0.3) is 0 Å². The van der Waals surface area contributed by atoms with Gasteiger partial charge in [-0.05, 0) is 46.7 Å². The van der Waals surface area contributed by atoms with Crippen LogP contribution in [0.5, 0.6) is 0 Å². The fourth-order valence-electron chi connectivity index (χ4n) is 3.50. The zero-order valence-corrected chi connectivity index (χ0v) is 13.5. The summed E-state index contributed by atoms with van der Waals surface area (Å²) < 4.78 is 19.9. The van der Waals surface area contributed by atoms with Gasteiger partial charge in [-0.3, -0.25) is 4.90 Å². The Morgan fingerprint density at radius 3 is 2.62 bits per heavy atom. The summed E-state index contributed by atoms with van der Waals surface area (Å²) in [4.78, 5) is 2.23. The lowest BCUT2D eigenvalue weighted by Gasteiger charge is -2.51. The van der Waals surface area contributed by atoms with Crippen LogP contribution in [0.1, 0.15) is 45.2 Å². The molecule has 0 spiro atoms. The largest absolute Gasteiger partial charge is 0.375 e. The standard InChI is InChI=1S/C17H27FN2O/c1-13(14-7-5-6-8-15(14)18)20(4)17(12-19)9-10-21-16(2,3)11-17/h5-8,13H,9-12,19H2,1-4H3. The molecule has 1 saturated heterocycles. The Hall–Kier alpha value is -0.970. The highest BCUT2D eigenvalue weighted by Gasteiger charge is 2.44. The molecule has 1 aromatic carbocycles. The summed E-state index contributed by atoms with van der Waals surface area (Å²) in [6.07, 6.45) is 1.73. The second-order valence-electron chi connectivity index (χ2n) is 6.77. The normalized spacial score (nSPS) is 26.8. The second-order valence-corrected chi connectivity index (χ2v) is 6.77. The predicted molar refractivity (Wildman–Crippen MR) is 83.6 cm³/mol. The maximum atomic E-state index is 14.1. The van der Waals surface area contributed by atoms with Crippen molar-refractivity contribution in [2.45, 2.75) is 50.8 Å². The van der Waals surface area contributed by atoms with E-state index in [2.05, 4.69) is 18.7 Å². The van der Waals surface area contributed by atoms with E-state index in [4.69, 9.17) is 10.5 Å². The van der Waals surface area contributed by atoms with E-state index in [-0.39, 0.29) is 23.0 Å². The third kappa shape index (κ3) is 3.28. The molecule has 2 rings (SSSR count). The molecule has 1 aliphatic rings. The van der Waals surface area contributed by atoms with Gasteiger partial charge >= 0.3 is 0 Å². The number of nitrogens with zero attached hydrogens (tertiary/aromatic N) is 1. The van der Waals surface area contributed by atoms with E-state index in [1.165, 1.54) is 6.07 Å². The summed E-state index contributed by atoms with van der Waals surface area (Å²) in [5.74, 6) is -0.157. The number of halogens is 1. The van der Waals surface area contributed by atoms with E-state index in [9.17, 15) is 4.39 Å². The smallest absolute Gasteiger partial charge is 0.127 e. The van der Waals surface area contributed by atoms with Crippen LogP contribution < -0.4 is 5.73 Å². The highest BCUT2D eigenvalue weighted by atomic mass is 19.1. The van der Waals surface area contributed by atoms with Gasteiger partial charge in [0.25, 0.3) is 0 Å². The topological polar surface area (TPSA) is 38.5 Å². The van der Waals surface area contributed by atoms with Crippen molar-refractivity contribution in [3.05, 3.63) is 35.6 Å². The number of benzene rings is 1. The zero-order chi connectivity index (χ0) is 15.7. The number of ether oxygens (including phenoxy) is 1. The van der Waals surface area contributed by atoms with Crippen molar-refractivity contribution in [1.82, 2.24) is 4.90 Å². The molecule has 0 aromatic heterocycles. The minimum absolute atomic E-state index is 0.0244. The molecule has 0 radical (unpaired) electrons. The Morgan fingerprint density at radius 1 is 1.38 bits per heavy atom. The Kier molecular flexibility index (Phi) is 4.71. The molecule has 1 fully saturated rings. The summed E-state index contributed by atoms with van der Waals surface area (Å²) >= 11 is 0. The van der Waals surface area contributed by atoms with Crippen molar-refractivity contribution in [1.29, 1.82) is 0 Å². The van der Waals surface area contributed by atoms with Gasteiger partial charge in [0.2, 0.25) is 0 Å². The Bertz CT molecular complexity index is 491. The van der Waals surface area contributed by atoms with E-state index < -0.39 is 0 Å². The highest BCUT2D eigenvalue weighted by Crippen LogP contribution is 2.39. The lowest BCUT2D eigenvalue weighted by atomic mass is 9.79. The van der Waals surface area contributed by atoms with Gasteiger partial charge in [-0.25, -0.2) is 4.39 Å². The van der Waals surface area contributed by atoms with Crippen molar-refractivity contribution < 1.29 is 9.13 Å². The van der Waals surface area contributed by atoms with E-state index in [0.717, 1.165) is 18.4 Å². The highest BCUT2D eigenvalue weighted by molar-refractivity contribution is 5.21. The van der Waals surface area contributed by atoms with Gasteiger partial charge in [0, 0.05) is 30.3 Å². The van der Waals surface area contributed by atoms with Crippen LogP contribution in [0, 0.1) is 5.82 Å². The minimum Gasteiger partial charge on any atom is -0.375 e. The first-order chi connectivity index (χ1) is 9.81. The summed E-state index contributed by atoms with van der Waals surface area (Å²) in [5, 5.41) is 0. The van der Waals surface area contributed by atoms with Gasteiger partial charge in [-0.1, -0.05) is 18.2 Å². The SMILES string of the molecule is CC(c1ccccc1F)N(C)C1(CN)CCOC(C)(C)C1. The fourth-order valence-corrected chi connectivity index (χ4v) is 3.50. The third-order valence-corrected chi connectivity index (χ3v) is 4.88. The maximum Gasteiger partial charge on any atom is 0.127 e. The quantitative estimate of drug-likeness (QED) is 0.927. The molecule has 1 aromatic rings. The molecule has 0 bridgehead atoms. The summed E-state index contributed by atoms with van der Waals surface area (Å²) in [5.41, 5.74) is 6.50. The van der Waals surface area contributed by atoms with Gasteiger partial charge in [0.1, 0.15) is 5.82 Å². The lowest BCUT2D eigenvalue weighted by molar-refractivity contribution is -0.120. The molecule has 4 heteroatoms. The first kappa shape index (κ1) is 16.4. The van der Waals surface area contributed by atoms with Crippen molar-refractivity contribution in [3.8, 4) is 0 Å². The van der Waals surface area contributed by atoms with Gasteiger partial charge in [-0.2, -0.15) is 0 Å². The monoisotopic (exact) mass is 294 g/mol. The summed E-state index contributed by atoms with van der Waals surface area (Å²) in [6.45, 7) is 7.47. The van der Waals surface area contributed by atoms with Crippen molar-refractivity contribution >= 4 is 0 Å². The molecular weight excluding hydrogens is 267 g/mol. The van der Waals surface area contributed by atoms with Crippen LogP contribution in [-0.4, -0.2) is 36.2 Å². The molecule has 2 N–H and O–H groups in total. The van der Waals surface area contributed by atoms with Crippen LogP contribution in [0.2, 0.25) is 0 Å². The second kappa shape index (κ2) is 6.03. The van der Waals surface area contributed by atoms with Gasteiger partial charge < -0.3 is 10.5 Å². The number of likely N-dealkylation sites (N-methyl/N-ethyl adjacent to an activating group) is 1. The van der Waals surface area contributed by atoms with Gasteiger partial charge in [-0.15, -0.1) is 0 Å². The molecule has 21 heavy (non-hydrogen) atoms. The molecule has 2 atom stereocenters. The molecule has 2 unspecified atom stereocenters. The van der Waals surface area contributed by atoms with Crippen LogP contribution in [-0.2, 0) is 4.74 Å². The maximum absolute atomic E-state index is 14.1. The minimum atomic E-state index is -0.194. The van der Waals surface area contributed by atoms with Crippen LogP contribution in [0.3, 0.4) is 0 Å². The predicted octanol–water partition coefficient (Wildman–Crippen LogP) is 3.11. The molecule has 3 nitrogen and oxygen atoms in total. The van der Waals surface area contributed by atoms with Gasteiger partial charge in [0.15, 0.2) is 0 Å². The van der Waals surface area contributed by atoms with Gasteiger partial charge in [0.05, 0.1) is 5.60 Å². The number of rotatable bonds is 4. The summed E-state index contributed by atoms with van der Waals surface area (Å²) in [7, 11) is 2.05. The average molecular weight is 294 g/mol. The van der Waals surface area contributed by atoms with E-state index in [1.54, 1.807) is 6.07 Å². The van der Waals surface area contributed by atoms with Crippen molar-refractivity contribution in [2.24, 2.45) is 5.73 Å². The molecule has 0 saturated carbocycles. The number of hydrogen-bond donors (Lipinski definition) is 1. The number of nitrogens with two attached hydrogens (primary N) is 1.